The van der Waals surface area contributed by atoms with Crippen LogP contribution in [-0.4, -0.2) is 28.4 Å². The molecule has 0 saturated carbocycles. The van der Waals surface area contributed by atoms with Crippen LogP contribution in [0.1, 0.15) is 0 Å². The number of fused-ring (bicyclic) bond motifs is 1. The molecular weight excluding hydrogens is 491 g/mol. The Bertz CT molecular complexity index is 1130. The maximum absolute atomic E-state index is 8.25. The summed E-state index contributed by atoms with van der Waals surface area (Å²) in [4.78, 5) is 0. The summed E-state index contributed by atoms with van der Waals surface area (Å²) in [5, 5.41) is 21.5. The fourth-order valence-corrected chi connectivity index (χ4v) is 4.52. The molecule has 0 aliphatic rings. The van der Waals surface area contributed by atoms with Crippen molar-refractivity contribution in [3.8, 4) is 33.2 Å². The van der Waals surface area contributed by atoms with Gasteiger partial charge in [-0.2, -0.15) is 38.5 Å². The average Bonchev–Trinajstić information content (AvgIpc) is 3.61. The smallest absolute Gasteiger partial charge is 0.857 e. The quantitative estimate of drug-likeness (QED) is 0.236. The SMILES string of the molecule is COc1cc2cc[cH-]c2cc1OC.C[O-].C[O-].[Ti+4].[c-]1cc(-c2ccccc2)[pH]c1-c1ccccc1. The van der Waals surface area contributed by atoms with E-state index >= 15 is 0 Å². The van der Waals surface area contributed by atoms with E-state index in [4.69, 9.17) is 19.7 Å². The van der Waals surface area contributed by atoms with Gasteiger partial charge in [-0.1, -0.05) is 71.5 Å². The van der Waals surface area contributed by atoms with E-state index in [1.807, 2.05) is 24.3 Å². The molecule has 1 heterocycles. The van der Waals surface area contributed by atoms with Crippen molar-refractivity contribution in [2.24, 2.45) is 0 Å². The summed E-state index contributed by atoms with van der Waals surface area (Å²) in [6.45, 7) is 0. The molecule has 0 radical (unpaired) electrons. The van der Waals surface area contributed by atoms with E-state index in [-0.39, 0.29) is 21.7 Å². The third kappa shape index (κ3) is 8.47. The first-order valence-electron chi connectivity index (χ1n) is 10.6. The Morgan fingerprint density at radius 3 is 1.86 bits per heavy atom. The van der Waals surface area contributed by atoms with Crippen LogP contribution in [0.2, 0.25) is 0 Å². The third-order valence-electron chi connectivity index (χ3n) is 4.91. The molecule has 0 bridgehead atoms. The number of hydrogen-bond donors (Lipinski definition) is 0. The molecule has 5 rings (SSSR count). The zero-order chi connectivity index (χ0) is 24.8. The van der Waals surface area contributed by atoms with Gasteiger partial charge in [0.1, 0.15) is 11.5 Å². The van der Waals surface area contributed by atoms with Crippen molar-refractivity contribution in [1.82, 2.24) is 0 Å². The zero-order valence-electron chi connectivity index (χ0n) is 20.4. The molecule has 4 aromatic carbocycles. The number of ether oxygens (including phenoxy) is 2. The first-order valence-corrected chi connectivity index (χ1v) is 11.6. The van der Waals surface area contributed by atoms with Crippen LogP contribution in [0.5, 0.6) is 11.5 Å². The summed E-state index contributed by atoms with van der Waals surface area (Å²) >= 11 is 0. The van der Waals surface area contributed by atoms with Gasteiger partial charge in [-0.15, -0.1) is 39.8 Å². The van der Waals surface area contributed by atoms with Crippen LogP contribution in [0.3, 0.4) is 0 Å². The predicted octanol–water partition coefficient (Wildman–Crippen LogP) is 5.38. The molecule has 0 amide bonds. The molecule has 1 atom stereocenters. The summed E-state index contributed by atoms with van der Waals surface area (Å²) < 4.78 is 10.4. The Balaban J connectivity index is 0.000000307. The second-order valence-corrected chi connectivity index (χ2v) is 8.08. The van der Waals surface area contributed by atoms with Crippen LogP contribution in [0.25, 0.3) is 32.5 Å². The zero-order valence-corrected chi connectivity index (χ0v) is 22.9. The molecule has 0 aliphatic heterocycles. The monoisotopic (exact) mass is 520 g/mol. The van der Waals surface area contributed by atoms with Gasteiger partial charge in [0.2, 0.25) is 0 Å². The molecule has 5 aromatic rings. The van der Waals surface area contributed by atoms with Gasteiger partial charge in [0, 0.05) is 0 Å². The molecule has 0 saturated heterocycles. The third-order valence-corrected chi connectivity index (χ3v) is 6.29. The Hall–Kier alpha value is -2.72. The molecule has 0 aliphatic carbocycles. The molecule has 0 N–H and O–H groups in total. The van der Waals surface area contributed by atoms with E-state index < -0.39 is 0 Å². The van der Waals surface area contributed by atoms with Crippen LogP contribution in [0.15, 0.2) is 97.1 Å². The van der Waals surface area contributed by atoms with Gasteiger partial charge in [0.15, 0.2) is 0 Å². The Morgan fingerprint density at radius 1 is 0.743 bits per heavy atom. The summed E-state index contributed by atoms with van der Waals surface area (Å²) in [6, 6.07) is 36.6. The first kappa shape index (κ1) is 30.3. The van der Waals surface area contributed by atoms with Gasteiger partial charge in [0.05, 0.1) is 14.2 Å². The number of methoxy groups -OCH3 is 2. The van der Waals surface area contributed by atoms with Crippen molar-refractivity contribution in [1.29, 1.82) is 0 Å². The van der Waals surface area contributed by atoms with Crippen molar-refractivity contribution >= 4 is 19.0 Å². The topological polar surface area (TPSA) is 64.6 Å². The standard InChI is InChI=1S/C16H12P.C11H11O2.2CH3O.Ti/c1-3-7-13(8-4-1)15-11-12-16(17-15)14-9-5-2-6-10-14;1-12-10-6-8-4-3-5-9(8)7-11(10)13-2;2*1-2;/h1-11,17H;3-7H,1-2H3;2*1H3;/q4*-1;+4. The molecule has 0 spiro atoms. The normalized spacial score (nSPS) is 9.43. The average molecular weight is 520 g/mol. The van der Waals surface area contributed by atoms with Gasteiger partial charge in [-0.3, -0.25) is 0 Å². The summed E-state index contributed by atoms with van der Waals surface area (Å²) in [5.74, 6) is 1.56. The van der Waals surface area contributed by atoms with E-state index in [1.165, 1.54) is 32.5 Å². The van der Waals surface area contributed by atoms with Gasteiger partial charge < -0.3 is 19.7 Å². The number of hydrogen-bond acceptors (Lipinski definition) is 4. The van der Waals surface area contributed by atoms with Gasteiger partial charge in [-0.05, 0) is 0 Å². The minimum Gasteiger partial charge on any atom is -0.857 e. The molecule has 1 aromatic heterocycles. The van der Waals surface area contributed by atoms with Crippen LogP contribution < -0.4 is 19.7 Å². The molecule has 1 unspecified atom stereocenters. The fourth-order valence-electron chi connectivity index (χ4n) is 3.34. The number of benzene rings is 3. The largest absolute Gasteiger partial charge is 4.00 e. The van der Waals surface area contributed by atoms with Crippen LogP contribution in [0.4, 0.5) is 0 Å². The van der Waals surface area contributed by atoms with Crippen molar-refractivity contribution in [3.63, 3.8) is 0 Å². The predicted molar refractivity (Wildman–Crippen MR) is 140 cm³/mol. The van der Waals surface area contributed by atoms with Crippen molar-refractivity contribution in [2.75, 3.05) is 28.4 Å². The van der Waals surface area contributed by atoms with Gasteiger partial charge >= 0.3 is 21.7 Å². The van der Waals surface area contributed by atoms with Crippen molar-refractivity contribution < 1.29 is 41.4 Å². The maximum atomic E-state index is 8.25. The minimum atomic E-state index is 0. The molecular formula is C29H29O4PTi. The van der Waals surface area contributed by atoms with Crippen LogP contribution in [0, 0.1) is 6.07 Å². The summed E-state index contributed by atoms with van der Waals surface area (Å²) in [6.07, 6.45) is 0. The first-order chi connectivity index (χ1) is 16.8. The van der Waals surface area contributed by atoms with E-state index in [2.05, 4.69) is 78.9 Å². The van der Waals surface area contributed by atoms with E-state index in [1.54, 1.807) is 14.2 Å². The summed E-state index contributed by atoms with van der Waals surface area (Å²) in [5.41, 5.74) is 2.59. The molecule has 0 fully saturated rings. The van der Waals surface area contributed by atoms with Crippen LogP contribution in [-0.2, 0) is 21.7 Å². The molecule has 35 heavy (non-hydrogen) atoms. The fraction of sp³-hybridized carbons (Fsp3) is 0.138. The van der Waals surface area contributed by atoms with E-state index in [0.29, 0.717) is 8.19 Å². The van der Waals surface area contributed by atoms with Gasteiger partial charge in [0.25, 0.3) is 0 Å². The van der Waals surface area contributed by atoms with Crippen molar-refractivity contribution in [3.05, 3.63) is 103 Å². The molecule has 6 heteroatoms. The Morgan fingerprint density at radius 2 is 1.29 bits per heavy atom. The second kappa shape index (κ2) is 16.8. The molecule has 4 nitrogen and oxygen atoms in total. The van der Waals surface area contributed by atoms with Gasteiger partial charge in [-0.25, -0.2) is 8.19 Å². The minimum absolute atomic E-state index is 0. The van der Waals surface area contributed by atoms with E-state index in [0.717, 1.165) is 25.7 Å². The van der Waals surface area contributed by atoms with E-state index in [9.17, 15) is 0 Å². The Kier molecular flexibility index (Phi) is 14.6. The maximum Gasteiger partial charge on any atom is 4.00 e. The second-order valence-electron chi connectivity index (χ2n) is 6.80. The molecule has 178 valence electrons. The Labute approximate surface area is 224 Å². The number of rotatable bonds is 4. The van der Waals surface area contributed by atoms with Crippen molar-refractivity contribution in [2.45, 2.75) is 0 Å². The van der Waals surface area contributed by atoms with Crippen LogP contribution >= 0.6 is 8.19 Å². The summed E-state index contributed by atoms with van der Waals surface area (Å²) in [7, 11) is 5.50.